The molecule has 4 rings (SSSR count). The second-order valence-corrected chi connectivity index (χ2v) is 10.8. The SMILES string of the molecule is CCS(=O)(=O)c1ccc(N2CCOCC2)c(C(=O)N2CCN(c3ncc(C(F)(F)F)cc3F)CC2)c1. The standard InChI is InChI=1S/C23H26F4N4O4S/c1-2-36(33,34)17-3-4-20(29-9-11-35-12-10-29)18(14-17)22(32)31-7-5-30(6-8-31)21-19(24)13-16(15-28-21)23(25,26)27/h3-4,13-15H,2,5-12H2,1H3. The Hall–Kier alpha value is -2.93. The maximum Gasteiger partial charge on any atom is 0.417 e. The first-order valence-corrected chi connectivity index (χ1v) is 13.1. The fourth-order valence-electron chi connectivity index (χ4n) is 4.24. The number of aromatic nitrogens is 1. The fraction of sp³-hybridized carbons (Fsp3) is 0.478. The molecule has 196 valence electrons. The Kier molecular flexibility index (Phi) is 7.41. The van der Waals surface area contributed by atoms with Gasteiger partial charge in [-0.05, 0) is 24.3 Å². The molecule has 13 heteroatoms. The molecule has 0 atom stereocenters. The number of rotatable bonds is 5. The molecule has 0 spiro atoms. The predicted octanol–water partition coefficient (Wildman–Crippen LogP) is 2.83. The smallest absolute Gasteiger partial charge is 0.378 e. The summed E-state index contributed by atoms with van der Waals surface area (Å²) in [6.07, 6.45) is -4.11. The molecule has 0 bridgehead atoms. The molecular weight excluding hydrogens is 504 g/mol. The summed E-state index contributed by atoms with van der Waals surface area (Å²) < 4.78 is 83.2. The molecule has 2 aliphatic rings. The summed E-state index contributed by atoms with van der Waals surface area (Å²) in [6.45, 7) is 4.21. The number of pyridine rings is 1. The van der Waals surface area contributed by atoms with E-state index in [1.165, 1.54) is 28.9 Å². The van der Waals surface area contributed by atoms with E-state index < -0.39 is 27.4 Å². The van der Waals surface area contributed by atoms with Crippen LogP contribution in [0.1, 0.15) is 22.8 Å². The van der Waals surface area contributed by atoms with Crippen LogP contribution in [-0.4, -0.2) is 82.4 Å². The van der Waals surface area contributed by atoms with E-state index in [-0.39, 0.29) is 54.1 Å². The van der Waals surface area contributed by atoms with Gasteiger partial charge in [0.2, 0.25) is 0 Å². The van der Waals surface area contributed by atoms with Crippen LogP contribution in [0.25, 0.3) is 0 Å². The highest BCUT2D eigenvalue weighted by molar-refractivity contribution is 7.91. The van der Waals surface area contributed by atoms with Crippen LogP contribution in [0, 0.1) is 5.82 Å². The van der Waals surface area contributed by atoms with E-state index in [1.54, 1.807) is 6.07 Å². The number of piperazine rings is 1. The minimum atomic E-state index is -4.70. The van der Waals surface area contributed by atoms with E-state index >= 15 is 0 Å². The van der Waals surface area contributed by atoms with Gasteiger partial charge >= 0.3 is 6.18 Å². The fourth-order valence-corrected chi connectivity index (χ4v) is 5.14. The lowest BCUT2D eigenvalue weighted by Crippen LogP contribution is -2.49. The van der Waals surface area contributed by atoms with E-state index in [4.69, 9.17) is 4.74 Å². The van der Waals surface area contributed by atoms with Crippen molar-refractivity contribution in [1.82, 2.24) is 9.88 Å². The highest BCUT2D eigenvalue weighted by Crippen LogP contribution is 2.32. The molecule has 0 aliphatic carbocycles. The molecule has 1 amide bonds. The van der Waals surface area contributed by atoms with Gasteiger partial charge in [0.1, 0.15) is 0 Å². The van der Waals surface area contributed by atoms with Crippen LogP contribution in [0.3, 0.4) is 0 Å². The van der Waals surface area contributed by atoms with Gasteiger partial charge in [0.25, 0.3) is 5.91 Å². The van der Waals surface area contributed by atoms with Gasteiger partial charge < -0.3 is 19.4 Å². The third-order valence-electron chi connectivity index (χ3n) is 6.30. The molecule has 2 aromatic rings. The summed E-state index contributed by atoms with van der Waals surface area (Å²) in [4.78, 5) is 22.2. The number of alkyl halides is 3. The molecule has 0 unspecified atom stereocenters. The number of carbonyl (C=O) groups is 1. The average molecular weight is 531 g/mol. The number of hydrogen-bond acceptors (Lipinski definition) is 7. The molecule has 36 heavy (non-hydrogen) atoms. The Morgan fingerprint density at radius 3 is 2.28 bits per heavy atom. The molecule has 0 radical (unpaired) electrons. The van der Waals surface area contributed by atoms with E-state index in [0.717, 1.165) is 0 Å². The molecule has 2 fully saturated rings. The van der Waals surface area contributed by atoms with Crippen LogP contribution in [0.2, 0.25) is 0 Å². The first-order valence-electron chi connectivity index (χ1n) is 11.5. The highest BCUT2D eigenvalue weighted by Gasteiger charge is 2.33. The van der Waals surface area contributed by atoms with Crippen molar-refractivity contribution in [3.63, 3.8) is 0 Å². The second-order valence-electron chi connectivity index (χ2n) is 8.49. The molecule has 0 saturated carbocycles. The molecule has 2 saturated heterocycles. The predicted molar refractivity (Wildman–Crippen MR) is 125 cm³/mol. The maximum absolute atomic E-state index is 14.4. The number of halogens is 4. The Balaban J connectivity index is 1.55. The van der Waals surface area contributed by atoms with Gasteiger partial charge in [-0.15, -0.1) is 0 Å². The van der Waals surface area contributed by atoms with Crippen LogP contribution in [-0.2, 0) is 20.8 Å². The minimum Gasteiger partial charge on any atom is -0.378 e. The van der Waals surface area contributed by atoms with Crippen LogP contribution in [0.4, 0.5) is 29.1 Å². The molecule has 1 aromatic carbocycles. The number of nitrogens with zero attached hydrogens (tertiary/aromatic N) is 4. The number of sulfone groups is 1. The zero-order chi connectivity index (χ0) is 26.1. The monoisotopic (exact) mass is 530 g/mol. The topological polar surface area (TPSA) is 83.0 Å². The Labute approximate surface area is 206 Å². The maximum atomic E-state index is 14.4. The Bertz CT molecular complexity index is 1230. The highest BCUT2D eigenvalue weighted by atomic mass is 32.2. The van der Waals surface area contributed by atoms with E-state index in [1.807, 2.05) is 4.90 Å². The van der Waals surface area contributed by atoms with E-state index in [2.05, 4.69) is 4.98 Å². The molecule has 3 heterocycles. The molecule has 8 nitrogen and oxygen atoms in total. The van der Waals surface area contributed by atoms with Crippen molar-refractivity contribution in [3.05, 3.63) is 47.4 Å². The summed E-state index contributed by atoms with van der Waals surface area (Å²) in [5.41, 5.74) is -0.315. The summed E-state index contributed by atoms with van der Waals surface area (Å²) in [5, 5.41) is 0. The number of carbonyl (C=O) groups excluding carboxylic acids is 1. The summed E-state index contributed by atoms with van der Waals surface area (Å²) in [5.74, 6) is -1.77. The molecule has 0 N–H and O–H groups in total. The van der Waals surface area contributed by atoms with Crippen LogP contribution < -0.4 is 9.80 Å². The van der Waals surface area contributed by atoms with Crippen molar-refractivity contribution in [1.29, 1.82) is 0 Å². The number of amides is 1. The van der Waals surface area contributed by atoms with Crippen molar-refractivity contribution in [2.24, 2.45) is 0 Å². The first kappa shape index (κ1) is 26.1. The summed E-state index contributed by atoms with van der Waals surface area (Å²) in [6, 6.07) is 4.94. The van der Waals surface area contributed by atoms with Gasteiger partial charge in [0, 0.05) is 51.2 Å². The van der Waals surface area contributed by atoms with Crippen molar-refractivity contribution < 1.29 is 35.5 Å². The van der Waals surface area contributed by atoms with Crippen LogP contribution in [0.5, 0.6) is 0 Å². The lowest BCUT2D eigenvalue weighted by molar-refractivity contribution is -0.138. The number of benzene rings is 1. The third-order valence-corrected chi connectivity index (χ3v) is 8.04. The lowest BCUT2D eigenvalue weighted by atomic mass is 10.1. The largest absolute Gasteiger partial charge is 0.417 e. The number of anilines is 2. The van der Waals surface area contributed by atoms with Gasteiger partial charge in [0.05, 0.1) is 35.0 Å². The van der Waals surface area contributed by atoms with E-state index in [9.17, 15) is 30.8 Å². The van der Waals surface area contributed by atoms with Gasteiger partial charge in [-0.3, -0.25) is 4.79 Å². The number of morpholine rings is 1. The minimum absolute atomic E-state index is 0.0556. The van der Waals surface area contributed by atoms with Gasteiger partial charge in [-0.2, -0.15) is 13.2 Å². The zero-order valence-corrected chi connectivity index (χ0v) is 20.4. The first-order chi connectivity index (χ1) is 17.0. The van der Waals surface area contributed by atoms with Crippen LogP contribution >= 0.6 is 0 Å². The van der Waals surface area contributed by atoms with Crippen molar-refractivity contribution in [2.75, 3.05) is 68.0 Å². The lowest BCUT2D eigenvalue weighted by Gasteiger charge is -2.37. The van der Waals surface area contributed by atoms with Crippen molar-refractivity contribution >= 4 is 27.2 Å². The third kappa shape index (κ3) is 5.41. The summed E-state index contributed by atoms with van der Waals surface area (Å²) >= 11 is 0. The average Bonchev–Trinajstić information content (AvgIpc) is 2.88. The zero-order valence-electron chi connectivity index (χ0n) is 19.6. The van der Waals surface area contributed by atoms with Crippen molar-refractivity contribution in [2.45, 2.75) is 18.0 Å². The van der Waals surface area contributed by atoms with Gasteiger partial charge in [-0.25, -0.2) is 17.8 Å². The number of ether oxygens (including phenoxy) is 1. The second kappa shape index (κ2) is 10.2. The Morgan fingerprint density at radius 1 is 1.03 bits per heavy atom. The quantitative estimate of drug-likeness (QED) is 0.550. The van der Waals surface area contributed by atoms with Gasteiger partial charge in [-0.1, -0.05) is 6.92 Å². The van der Waals surface area contributed by atoms with Crippen molar-refractivity contribution in [3.8, 4) is 0 Å². The summed E-state index contributed by atoms with van der Waals surface area (Å²) in [7, 11) is -3.55. The normalized spacial score (nSPS) is 17.4. The van der Waals surface area contributed by atoms with Gasteiger partial charge in [0.15, 0.2) is 21.5 Å². The number of hydrogen-bond donors (Lipinski definition) is 0. The molecular formula is C23H26F4N4O4S. The Morgan fingerprint density at radius 2 is 1.69 bits per heavy atom. The van der Waals surface area contributed by atoms with Crippen LogP contribution in [0.15, 0.2) is 35.4 Å². The molecule has 1 aromatic heterocycles. The van der Waals surface area contributed by atoms with E-state index in [0.29, 0.717) is 44.3 Å². The molecule has 2 aliphatic heterocycles.